The average molecular weight is 553 g/mol. The zero-order chi connectivity index (χ0) is 28.7. The van der Waals surface area contributed by atoms with Gasteiger partial charge in [-0.3, -0.25) is 4.79 Å². The molecule has 0 aliphatic rings. The molecule has 0 unspecified atom stereocenters. The molecule has 0 atom stereocenters. The van der Waals surface area contributed by atoms with Crippen molar-refractivity contribution in [3.63, 3.8) is 0 Å². The number of carbonyl (C=O) groups is 1. The molecule has 2 aromatic rings. The lowest BCUT2D eigenvalue weighted by Crippen LogP contribution is -2.39. The van der Waals surface area contributed by atoms with Crippen molar-refractivity contribution in [2.45, 2.75) is 116 Å². The Hall–Kier alpha value is -2.33. The predicted octanol–water partition coefficient (Wildman–Crippen LogP) is 9.30. The van der Waals surface area contributed by atoms with E-state index in [0.29, 0.717) is 19.6 Å². The molecule has 0 saturated carbocycles. The van der Waals surface area contributed by atoms with E-state index >= 15 is 0 Å². The summed E-state index contributed by atoms with van der Waals surface area (Å²) >= 11 is 0. The van der Waals surface area contributed by atoms with Gasteiger partial charge in [-0.1, -0.05) is 114 Å². The van der Waals surface area contributed by atoms with Crippen LogP contribution >= 0.6 is 0 Å². The summed E-state index contributed by atoms with van der Waals surface area (Å²) in [5, 5.41) is 0. The number of quaternary nitrogens is 1. The van der Waals surface area contributed by atoms with Gasteiger partial charge < -0.3 is 14.0 Å². The number of esters is 1. The minimum Gasteiger partial charge on any atom is -0.493 e. The smallest absolute Gasteiger partial charge is 0.305 e. The number of nitrogens with zero attached hydrogens (tertiary/aromatic N) is 1. The molecule has 0 N–H and O–H groups in total. The van der Waals surface area contributed by atoms with Crippen LogP contribution < -0.4 is 4.74 Å². The van der Waals surface area contributed by atoms with Crippen molar-refractivity contribution in [2.24, 2.45) is 0 Å². The van der Waals surface area contributed by atoms with Crippen molar-refractivity contribution in [2.75, 3.05) is 33.9 Å². The third kappa shape index (κ3) is 17.4. The highest BCUT2D eigenvalue weighted by Crippen LogP contribution is 2.17. The molecule has 0 saturated heterocycles. The summed E-state index contributed by atoms with van der Waals surface area (Å²) in [5.41, 5.74) is 2.70. The zero-order valence-electron chi connectivity index (χ0n) is 26.0. The first-order valence-corrected chi connectivity index (χ1v) is 16.2. The van der Waals surface area contributed by atoms with Crippen LogP contribution in [0.5, 0.6) is 5.75 Å². The highest BCUT2D eigenvalue weighted by molar-refractivity contribution is 5.69. The molecule has 0 amide bonds. The maximum Gasteiger partial charge on any atom is 0.305 e. The second-order valence-corrected chi connectivity index (χ2v) is 12.1. The number of aryl methyl sites for hydroxylation is 1. The summed E-state index contributed by atoms with van der Waals surface area (Å²) in [6, 6.07) is 19.1. The Morgan fingerprint density at radius 2 is 1.32 bits per heavy atom. The van der Waals surface area contributed by atoms with Gasteiger partial charge in [-0.2, -0.15) is 0 Å². The third-order valence-electron chi connectivity index (χ3n) is 7.64. The van der Waals surface area contributed by atoms with Crippen molar-refractivity contribution in [1.82, 2.24) is 0 Å². The highest BCUT2D eigenvalue weighted by Gasteiger charge is 2.15. The number of unbranched alkanes of at least 4 members (excludes halogenated alkanes) is 11. The van der Waals surface area contributed by atoms with Gasteiger partial charge in [0.1, 0.15) is 12.3 Å². The van der Waals surface area contributed by atoms with Gasteiger partial charge >= 0.3 is 5.97 Å². The molecule has 4 heteroatoms. The number of ether oxygens (including phenoxy) is 2. The number of carbonyl (C=O) groups excluding carboxylic acids is 1. The first-order valence-electron chi connectivity index (χ1n) is 16.2. The molecule has 0 aliphatic heterocycles. The van der Waals surface area contributed by atoms with E-state index in [1.165, 1.54) is 81.8 Å². The second kappa shape index (κ2) is 21.4. The lowest BCUT2D eigenvalue weighted by atomic mass is 10.0. The van der Waals surface area contributed by atoms with Gasteiger partial charge in [0.15, 0.2) is 0 Å². The molecule has 224 valence electrons. The summed E-state index contributed by atoms with van der Waals surface area (Å²) in [5.74, 6) is 0.825. The molecule has 2 aromatic carbocycles. The number of benzene rings is 2. The molecule has 0 heterocycles. The first kappa shape index (κ1) is 33.9. The maximum absolute atomic E-state index is 12.1. The van der Waals surface area contributed by atoms with Gasteiger partial charge in [0.25, 0.3) is 0 Å². The molecule has 0 aliphatic carbocycles. The molecule has 0 aromatic heterocycles. The Labute approximate surface area is 246 Å². The van der Waals surface area contributed by atoms with Crippen LogP contribution in [0.1, 0.15) is 114 Å². The van der Waals surface area contributed by atoms with E-state index in [1.807, 2.05) is 6.07 Å². The SMILES string of the molecule is CCCCCCCCCCCCCc1cccc(OCCCOC(=O)CCCC[N+](C)(C)Cc2ccccc2)c1. The maximum atomic E-state index is 12.1. The van der Waals surface area contributed by atoms with Crippen LogP contribution in [-0.2, 0) is 22.5 Å². The largest absolute Gasteiger partial charge is 0.493 e. The predicted molar refractivity (Wildman–Crippen MR) is 169 cm³/mol. The molecule has 0 fully saturated rings. The Kier molecular flexibility index (Phi) is 18.1. The zero-order valence-corrected chi connectivity index (χ0v) is 26.0. The van der Waals surface area contributed by atoms with E-state index in [2.05, 4.69) is 69.6 Å². The number of hydrogen-bond acceptors (Lipinski definition) is 3. The molecule has 0 radical (unpaired) electrons. The topological polar surface area (TPSA) is 35.5 Å². The van der Waals surface area contributed by atoms with Gasteiger partial charge in [0, 0.05) is 18.4 Å². The van der Waals surface area contributed by atoms with Crippen molar-refractivity contribution in [3.05, 3.63) is 65.7 Å². The fraction of sp³-hybridized carbons (Fsp3) is 0.639. The van der Waals surface area contributed by atoms with Crippen LogP contribution in [0.4, 0.5) is 0 Å². The summed E-state index contributed by atoms with van der Waals surface area (Å²) in [7, 11) is 4.50. The van der Waals surface area contributed by atoms with Crippen LogP contribution in [0.25, 0.3) is 0 Å². The summed E-state index contributed by atoms with van der Waals surface area (Å²) in [4.78, 5) is 12.1. The van der Waals surface area contributed by atoms with E-state index < -0.39 is 0 Å². The van der Waals surface area contributed by atoms with Gasteiger partial charge in [0.05, 0.1) is 33.9 Å². The standard InChI is InChI=1S/C36H58NO3/c1-4-5-6-7-8-9-10-11-12-13-15-22-33-25-20-26-35(31-33)39-29-21-30-40-36(38)27-18-19-28-37(2,3)32-34-23-16-14-17-24-34/h14,16-17,20,23-26,31H,4-13,15,18-19,21-22,27-30,32H2,1-3H3/q+1. The summed E-state index contributed by atoms with van der Waals surface area (Å²) < 4.78 is 12.3. The van der Waals surface area contributed by atoms with Crippen molar-refractivity contribution in [1.29, 1.82) is 0 Å². The number of hydrogen-bond donors (Lipinski definition) is 0. The fourth-order valence-electron chi connectivity index (χ4n) is 5.26. The molecular weight excluding hydrogens is 494 g/mol. The van der Waals surface area contributed by atoms with Gasteiger partial charge in [-0.05, 0) is 43.4 Å². The lowest BCUT2D eigenvalue weighted by molar-refractivity contribution is -0.903. The first-order chi connectivity index (χ1) is 19.5. The minimum atomic E-state index is -0.0951. The Bertz CT molecular complexity index is 896. The van der Waals surface area contributed by atoms with Crippen molar-refractivity contribution < 1.29 is 18.8 Å². The highest BCUT2D eigenvalue weighted by atomic mass is 16.5. The van der Waals surface area contributed by atoms with Gasteiger partial charge in [-0.25, -0.2) is 0 Å². The molecule has 40 heavy (non-hydrogen) atoms. The van der Waals surface area contributed by atoms with E-state index in [-0.39, 0.29) is 5.97 Å². The van der Waals surface area contributed by atoms with Gasteiger partial charge in [0.2, 0.25) is 0 Å². The molecule has 0 spiro atoms. The normalized spacial score (nSPS) is 11.5. The van der Waals surface area contributed by atoms with Crippen LogP contribution in [0, 0.1) is 0 Å². The lowest BCUT2D eigenvalue weighted by Gasteiger charge is -2.30. The second-order valence-electron chi connectivity index (χ2n) is 12.1. The van der Waals surface area contributed by atoms with Crippen LogP contribution in [0.2, 0.25) is 0 Å². The van der Waals surface area contributed by atoms with Crippen LogP contribution in [-0.4, -0.2) is 44.3 Å². The molecule has 0 bridgehead atoms. The van der Waals surface area contributed by atoms with E-state index in [1.54, 1.807) is 0 Å². The van der Waals surface area contributed by atoms with Crippen molar-refractivity contribution in [3.8, 4) is 5.75 Å². The monoisotopic (exact) mass is 552 g/mol. The summed E-state index contributed by atoms with van der Waals surface area (Å²) in [6.45, 7) is 5.33. The number of rotatable bonds is 24. The fourth-order valence-corrected chi connectivity index (χ4v) is 5.26. The average Bonchev–Trinajstić information content (AvgIpc) is 2.94. The third-order valence-corrected chi connectivity index (χ3v) is 7.64. The molecule has 4 nitrogen and oxygen atoms in total. The quantitative estimate of drug-likeness (QED) is 0.0739. The Morgan fingerprint density at radius 1 is 0.675 bits per heavy atom. The van der Waals surface area contributed by atoms with E-state index in [4.69, 9.17) is 9.47 Å². The van der Waals surface area contributed by atoms with Crippen molar-refractivity contribution >= 4 is 5.97 Å². The Morgan fingerprint density at radius 3 is 2.02 bits per heavy atom. The molecule has 2 rings (SSSR count). The van der Waals surface area contributed by atoms with Gasteiger partial charge in [-0.15, -0.1) is 0 Å². The molecular formula is C36H58NO3+. The summed E-state index contributed by atoms with van der Waals surface area (Å²) in [6.07, 6.45) is 19.3. The minimum absolute atomic E-state index is 0.0951. The van der Waals surface area contributed by atoms with Crippen LogP contribution in [0.15, 0.2) is 54.6 Å². The van der Waals surface area contributed by atoms with E-state index in [0.717, 1.165) is 49.0 Å². The van der Waals surface area contributed by atoms with Crippen LogP contribution in [0.3, 0.4) is 0 Å². The Balaban J connectivity index is 1.45. The van der Waals surface area contributed by atoms with E-state index in [9.17, 15) is 4.79 Å².